The van der Waals surface area contributed by atoms with Gasteiger partial charge in [0.25, 0.3) is 0 Å². The first-order chi connectivity index (χ1) is 6.38. The van der Waals surface area contributed by atoms with Gasteiger partial charge in [0.1, 0.15) is 0 Å². The van der Waals surface area contributed by atoms with Crippen molar-refractivity contribution < 1.29 is 4.74 Å². The average molecular weight is 199 g/mol. The number of hydrogen-bond acceptors (Lipinski definition) is 5. The van der Waals surface area contributed by atoms with Crippen LogP contribution < -0.4 is 5.73 Å². The van der Waals surface area contributed by atoms with Crippen LogP contribution in [-0.4, -0.2) is 22.8 Å². The van der Waals surface area contributed by atoms with E-state index < -0.39 is 0 Å². The summed E-state index contributed by atoms with van der Waals surface area (Å²) in [5, 5.41) is 5.90. The Morgan fingerprint density at radius 1 is 1.69 bits per heavy atom. The lowest BCUT2D eigenvalue weighted by Crippen LogP contribution is -2.29. The van der Waals surface area contributed by atoms with Crippen molar-refractivity contribution in [1.29, 1.82) is 0 Å². The van der Waals surface area contributed by atoms with Crippen molar-refractivity contribution in [1.82, 2.24) is 9.59 Å². The molecular formula is C8H13N3OS. The summed E-state index contributed by atoms with van der Waals surface area (Å²) in [6.45, 7) is 1.64. The fourth-order valence-corrected chi connectivity index (χ4v) is 2.11. The Kier molecular flexibility index (Phi) is 2.87. The van der Waals surface area contributed by atoms with Crippen molar-refractivity contribution in [2.24, 2.45) is 11.7 Å². The molecule has 0 aromatic carbocycles. The second-order valence-electron chi connectivity index (χ2n) is 3.33. The molecule has 1 aromatic rings. The Labute approximate surface area is 81.3 Å². The highest BCUT2D eigenvalue weighted by Crippen LogP contribution is 2.25. The third-order valence-electron chi connectivity index (χ3n) is 2.42. The van der Waals surface area contributed by atoms with Crippen LogP contribution in [0.3, 0.4) is 0 Å². The summed E-state index contributed by atoms with van der Waals surface area (Å²) in [5.41, 5.74) is 6.94. The maximum atomic E-state index is 6.04. The van der Waals surface area contributed by atoms with Crippen LogP contribution in [0.4, 0.5) is 0 Å². The number of ether oxygens (including phenoxy) is 1. The van der Waals surface area contributed by atoms with Crippen molar-refractivity contribution in [2.45, 2.75) is 18.9 Å². The molecular weight excluding hydrogens is 186 g/mol. The highest BCUT2D eigenvalue weighted by atomic mass is 32.1. The van der Waals surface area contributed by atoms with Gasteiger partial charge in [-0.05, 0) is 24.4 Å². The van der Waals surface area contributed by atoms with Gasteiger partial charge in [-0.25, -0.2) is 0 Å². The van der Waals surface area contributed by atoms with Crippen molar-refractivity contribution in [3.63, 3.8) is 0 Å². The predicted molar refractivity (Wildman–Crippen MR) is 50.4 cm³/mol. The van der Waals surface area contributed by atoms with Gasteiger partial charge in [-0.1, -0.05) is 4.49 Å². The topological polar surface area (TPSA) is 61.0 Å². The first-order valence-corrected chi connectivity index (χ1v) is 5.32. The number of aromatic nitrogens is 2. The molecule has 13 heavy (non-hydrogen) atoms. The fraction of sp³-hybridized carbons (Fsp3) is 0.750. The van der Waals surface area contributed by atoms with Gasteiger partial charge in [0.05, 0.1) is 18.3 Å². The molecule has 0 radical (unpaired) electrons. The third-order valence-corrected chi connectivity index (χ3v) is 2.94. The Balaban J connectivity index is 1.99. The molecule has 0 saturated carbocycles. The van der Waals surface area contributed by atoms with E-state index >= 15 is 0 Å². The summed E-state index contributed by atoms with van der Waals surface area (Å²) in [4.78, 5) is 0. The van der Waals surface area contributed by atoms with Crippen LogP contribution in [0, 0.1) is 5.92 Å². The van der Waals surface area contributed by atoms with Gasteiger partial charge in [-0.15, -0.1) is 5.10 Å². The highest BCUT2D eigenvalue weighted by Gasteiger charge is 2.23. The van der Waals surface area contributed by atoms with Gasteiger partial charge in [0.15, 0.2) is 0 Å². The molecule has 0 spiro atoms. The summed E-state index contributed by atoms with van der Waals surface area (Å²) in [7, 11) is 0. The van der Waals surface area contributed by atoms with Crippen molar-refractivity contribution in [2.75, 3.05) is 13.2 Å². The summed E-state index contributed by atoms with van der Waals surface area (Å²) in [6, 6.07) is -0.000880. The lowest BCUT2D eigenvalue weighted by Gasteiger charge is -2.26. The van der Waals surface area contributed by atoms with E-state index in [9.17, 15) is 0 Å². The molecule has 5 heteroatoms. The smallest absolute Gasteiger partial charge is 0.0926 e. The van der Waals surface area contributed by atoms with E-state index in [0.717, 1.165) is 31.7 Å². The molecule has 1 aliphatic rings. The molecule has 0 bridgehead atoms. The molecule has 2 rings (SSSR count). The lowest BCUT2D eigenvalue weighted by molar-refractivity contribution is 0.0442. The first-order valence-electron chi connectivity index (χ1n) is 4.48. The molecule has 1 saturated heterocycles. The van der Waals surface area contributed by atoms with Gasteiger partial charge in [0, 0.05) is 17.9 Å². The number of nitrogens with zero attached hydrogens (tertiary/aromatic N) is 2. The second kappa shape index (κ2) is 4.13. The van der Waals surface area contributed by atoms with E-state index in [0.29, 0.717) is 5.92 Å². The maximum Gasteiger partial charge on any atom is 0.0926 e. The second-order valence-corrected chi connectivity index (χ2v) is 3.94. The zero-order valence-corrected chi connectivity index (χ0v) is 8.17. The van der Waals surface area contributed by atoms with E-state index in [-0.39, 0.29) is 6.04 Å². The largest absolute Gasteiger partial charge is 0.381 e. The SMILES string of the molecule is NC(c1csnn1)C1CCCOC1. The summed E-state index contributed by atoms with van der Waals surface area (Å²) < 4.78 is 9.19. The van der Waals surface area contributed by atoms with Crippen LogP contribution in [0.2, 0.25) is 0 Å². The van der Waals surface area contributed by atoms with Crippen LogP contribution in [0.25, 0.3) is 0 Å². The van der Waals surface area contributed by atoms with E-state index in [1.54, 1.807) is 0 Å². The average Bonchev–Trinajstić information content (AvgIpc) is 2.71. The van der Waals surface area contributed by atoms with E-state index in [2.05, 4.69) is 9.59 Å². The van der Waals surface area contributed by atoms with Crippen LogP contribution in [0.1, 0.15) is 24.6 Å². The number of hydrogen-bond donors (Lipinski definition) is 1. The van der Waals surface area contributed by atoms with Crippen LogP contribution in [0.15, 0.2) is 5.38 Å². The normalized spacial score (nSPS) is 25.8. The highest BCUT2D eigenvalue weighted by molar-refractivity contribution is 7.03. The molecule has 1 aliphatic heterocycles. The molecule has 1 fully saturated rings. The molecule has 2 unspecified atom stereocenters. The van der Waals surface area contributed by atoms with E-state index in [4.69, 9.17) is 10.5 Å². The standard InChI is InChI=1S/C8H13N3OS/c9-8(7-5-13-11-10-7)6-2-1-3-12-4-6/h5-6,8H,1-4,9H2. The Hall–Kier alpha value is -0.520. The van der Waals surface area contributed by atoms with Crippen LogP contribution >= 0.6 is 11.5 Å². The van der Waals surface area contributed by atoms with Crippen molar-refractivity contribution in [3.8, 4) is 0 Å². The lowest BCUT2D eigenvalue weighted by atomic mass is 9.93. The fourth-order valence-electron chi connectivity index (χ4n) is 1.61. The molecule has 2 N–H and O–H groups in total. The molecule has 72 valence electrons. The number of nitrogens with two attached hydrogens (primary N) is 1. The summed E-state index contributed by atoms with van der Waals surface area (Å²) in [5.74, 6) is 0.414. The van der Waals surface area contributed by atoms with Gasteiger partial charge in [-0.2, -0.15) is 0 Å². The van der Waals surface area contributed by atoms with Gasteiger partial charge in [0.2, 0.25) is 0 Å². The van der Waals surface area contributed by atoms with Crippen molar-refractivity contribution in [3.05, 3.63) is 11.1 Å². The molecule has 1 aromatic heterocycles. The third kappa shape index (κ3) is 2.04. The Morgan fingerprint density at radius 3 is 3.23 bits per heavy atom. The summed E-state index contributed by atoms with van der Waals surface area (Å²) >= 11 is 1.35. The zero-order valence-electron chi connectivity index (χ0n) is 7.35. The van der Waals surface area contributed by atoms with E-state index in [1.807, 2.05) is 5.38 Å². The number of rotatable bonds is 2. The van der Waals surface area contributed by atoms with Crippen LogP contribution in [-0.2, 0) is 4.74 Å². The predicted octanol–water partition coefficient (Wildman–Crippen LogP) is 0.964. The Morgan fingerprint density at radius 2 is 2.62 bits per heavy atom. The van der Waals surface area contributed by atoms with Crippen LogP contribution in [0.5, 0.6) is 0 Å². The minimum absolute atomic E-state index is 0.000880. The quantitative estimate of drug-likeness (QED) is 0.770. The molecule has 2 heterocycles. The monoisotopic (exact) mass is 199 g/mol. The van der Waals surface area contributed by atoms with Gasteiger partial charge >= 0.3 is 0 Å². The molecule has 0 amide bonds. The first kappa shape index (κ1) is 9.05. The van der Waals surface area contributed by atoms with Gasteiger partial charge < -0.3 is 10.5 Å². The maximum absolute atomic E-state index is 6.04. The van der Waals surface area contributed by atoms with E-state index in [1.165, 1.54) is 11.5 Å². The molecule has 0 aliphatic carbocycles. The zero-order chi connectivity index (χ0) is 9.10. The van der Waals surface area contributed by atoms with Gasteiger partial charge in [-0.3, -0.25) is 0 Å². The molecule has 4 nitrogen and oxygen atoms in total. The van der Waals surface area contributed by atoms with Crippen molar-refractivity contribution >= 4 is 11.5 Å². The molecule has 2 atom stereocenters. The minimum Gasteiger partial charge on any atom is -0.381 e. The Bertz CT molecular complexity index is 246. The minimum atomic E-state index is -0.000880. The summed E-state index contributed by atoms with van der Waals surface area (Å²) in [6.07, 6.45) is 2.24.